The first-order chi connectivity index (χ1) is 9.22. The summed E-state index contributed by atoms with van der Waals surface area (Å²) < 4.78 is 10.5. The van der Waals surface area contributed by atoms with E-state index in [0.717, 1.165) is 17.3 Å². The van der Waals surface area contributed by atoms with Crippen LogP contribution in [-0.2, 0) is 4.74 Å². The monoisotopic (exact) mass is 259 g/mol. The molecule has 5 heteroatoms. The number of ether oxygens (including phenoxy) is 2. The Kier molecular flexibility index (Phi) is 4.30. The van der Waals surface area contributed by atoms with Gasteiger partial charge in [-0.05, 0) is 6.07 Å². The number of hydrogen-bond acceptors (Lipinski definition) is 4. The van der Waals surface area contributed by atoms with Crippen LogP contribution in [0, 0.1) is 5.41 Å². The van der Waals surface area contributed by atoms with E-state index >= 15 is 0 Å². The van der Waals surface area contributed by atoms with Crippen molar-refractivity contribution in [3.63, 3.8) is 0 Å². The smallest absolute Gasteiger partial charge is 0.214 e. The normalized spacial score (nSPS) is 10.6. The molecule has 2 rings (SSSR count). The first-order valence-electron chi connectivity index (χ1n) is 6.08. The van der Waals surface area contributed by atoms with E-state index in [1.54, 1.807) is 13.2 Å². The number of amidine groups is 1. The molecule has 1 aromatic carbocycles. The predicted molar refractivity (Wildman–Crippen MR) is 74.7 cm³/mol. The van der Waals surface area contributed by atoms with Crippen molar-refractivity contribution in [2.75, 3.05) is 20.3 Å². The van der Waals surface area contributed by atoms with Crippen LogP contribution in [0.25, 0.3) is 10.9 Å². The van der Waals surface area contributed by atoms with Gasteiger partial charge in [0.05, 0.1) is 12.1 Å². The third-order valence-electron chi connectivity index (χ3n) is 2.73. The lowest BCUT2D eigenvalue weighted by atomic mass is 10.1. The van der Waals surface area contributed by atoms with Crippen molar-refractivity contribution in [3.8, 4) is 5.88 Å². The predicted octanol–water partition coefficient (Wildman–Crippen LogP) is 1.93. The number of nitrogens with two attached hydrogens (primary N) is 1. The van der Waals surface area contributed by atoms with Gasteiger partial charge < -0.3 is 15.2 Å². The second-order valence-electron chi connectivity index (χ2n) is 4.13. The molecule has 0 bridgehead atoms. The quantitative estimate of drug-likeness (QED) is 0.472. The van der Waals surface area contributed by atoms with E-state index < -0.39 is 0 Å². The molecule has 0 saturated heterocycles. The zero-order valence-electron chi connectivity index (χ0n) is 10.8. The standard InChI is InChI=1S/C14H17N3O2/c1-18-7-4-8-19-13-9-11(14(15)16)10-5-2-3-6-12(10)17-13/h2-3,5-6,9H,4,7-8H2,1H3,(H3,15,16). The number of pyridine rings is 1. The van der Waals surface area contributed by atoms with Gasteiger partial charge in [0.15, 0.2) is 0 Å². The number of hydrogen-bond donors (Lipinski definition) is 2. The largest absolute Gasteiger partial charge is 0.478 e. The Morgan fingerprint density at radius 1 is 1.32 bits per heavy atom. The lowest BCUT2D eigenvalue weighted by Gasteiger charge is -2.09. The Labute approximate surface area is 111 Å². The minimum absolute atomic E-state index is 0.0142. The highest BCUT2D eigenvalue weighted by molar-refractivity contribution is 6.06. The van der Waals surface area contributed by atoms with E-state index in [-0.39, 0.29) is 5.84 Å². The van der Waals surface area contributed by atoms with E-state index in [2.05, 4.69) is 4.98 Å². The second kappa shape index (κ2) is 6.15. The summed E-state index contributed by atoms with van der Waals surface area (Å²) >= 11 is 0. The second-order valence-corrected chi connectivity index (χ2v) is 4.13. The molecule has 0 aliphatic carbocycles. The van der Waals surface area contributed by atoms with Crippen molar-refractivity contribution in [2.24, 2.45) is 5.73 Å². The summed E-state index contributed by atoms with van der Waals surface area (Å²) in [5.41, 5.74) is 7.03. The lowest BCUT2D eigenvalue weighted by Crippen LogP contribution is -2.13. The summed E-state index contributed by atoms with van der Waals surface area (Å²) in [4.78, 5) is 4.40. The maximum absolute atomic E-state index is 7.63. The Bertz CT molecular complexity index is 584. The third-order valence-corrected chi connectivity index (χ3v) is 2.73. The Morgan fingerprint density at radius 3 is 2.84 bits per heavy atom. The van der Waals surface area contributed by atoms with Crippen LogP contribution in [0.3, 0.4) is 0 Å². The number of nitrogens with zero attached hydrogens (tertiary/aromatic N) is 1. The Hall–Kier alpha value is -2.14. The molecule has 0 amide bonds. The van der Waals surface area contributed by atoms with Gasteiger partial charge in [0.2, 0.25) is 5.88 Å². The van der Waals surface area contributed by atoms with Crippen LogP contribution in [0.1, 0.15) is 12.0 Å². The SMILES string of the molecule is COCCCOc1cc(C(=N)N)c2ccccc2n1. The molecule has 1 aromatic heterocycles. The number of para-hydroxylation sites is 1. The third kappa shape index (κ3) is 3.20. The summed E-state index contributed by atoms with van der Waals surface area (Å²) in [6.07, 6.45) is 0.792. The topological polar surface area (TPSA) is 81.2 Å². The summed E-state index contributed by atoms with van der Waals surface area (Å²) in [6.45, 7) is 1.17. The van der Waals surface area contributed by atoms with Gasteiger partial charge in [0.25, 0.3) is 0 Å². The summed E-state index contributed by atoms with van der Waals surface area (Å²) in [7, 11) is 1.65. The van der Waals surface area contributed by atoms with E-state index in [1.807, 2.05) is 24.3 Å². The molecule has 0 unspecified atom stereocenters. The first kappa shape index (κ1) is 13.3. The van der Waals surface area contributed by atoms with E-state index in [4.69, 9.17) is 20.6 Å². The lowest BCUT2D eigenvalue weighted by molar-refractivity contribution is 0.170. The van der Waals surface area contributed by atoms with Gasteiger partial charge in [0.1, 0.15) is 5.84 Å². The molecule has 0 spiro atoms. The fourth-order valence-corrected chi connectivity index (χ4v) is 1.83. The van der Waals surface area contributed by atoms with Crippen LogP contribution in [0.15, 0.2) is 30.3 Å². The molecule has 0 aliphatic rings. The highest BCUT2D eigenvalue weighted by atomic mass is 16.5. The highest BCUT2D eigenvalue weighted by Gasteiger charge is 2.08. The molecule has 0 atom stereocenters. The first-order valence-corrected chi connectivity index (χ1v) is 6.08. The van der Waals surface area contributed by atoms with Gasteiger partial charge in [-0.15, -0.1) is 0 Å². The number of aromatic nitrogens is 1. The maximum atomic E-state index is 7.63. The van der Waals surface area contributed by atoms with Crippen molar-refractivity contribution in [3.05, 3.63) is 35.9 Å². The van der Waals surface area contributed by atoms with Gasteiger partial charge >= 0.3 is 0 Å². The molecule has 5 nitrogen and oxygen atoms in total. The Balaban J connectivity index is 2.27. The van der Waals surface area contributed by atoms with Gasteiger partial charge in [0, 0.05) is 37.2 Å². The molecule has 1 heterocycles. The van der Waals surface area contributed by atoms with Crippen molar-refractivity contribution < 1.29 is 9.47 Å². The highest BCUT2D eigenvalue weighted by Crippen LogP contribution is 2.21. The van der Waals surface area contributed by atoms with Crippen molar-refractivity contribution in [1.29, 1.82) is 5.41 Å². The average Bonchev–Trinajstić information content (AvgIpc) is 2.42. The molecule has 0 aliphatic heterocycles. The van der Waals surface area contributed by atoms with Gasteiger partial charge in [-0.2, -0.15) is 0 Å². The minimum atomic E-state index is 0.0142. The Morgan fingerprint density at radius 2 is 2.11 bits per heavy atom. The molecular formula is C14H17N3O2. The van der Waals surface area contributed by atoms with Crippen molar-refractivity contribution >= 4 is 16.7 Å². The van der Waals surface area contributed by atoms with Crippen LogP contribution >= 0.6 is 0 Å². The molecule has 19 heavy (non-hydrogen) atoms. The summed E-state index contributed by atoms with van der Waals surface area (Å²) in [5.74, 6) is 0.500. The van der Waals surface area contributed by atoms with Crippen molar-refractivity contribution in [2.45, 2.75) is 6.42 Å². The maximum Gasteiger partial charge on any atom is 0.214 e. The van der Waals surface area contributed by atoms with Crippen LogP contribution in [0.5, 0.6) is 5.88 Å². The van der Waals surface area contributed by atoms with Gasteiger partial charge in [-0.25, -0.2) is 4.98 Å². The van der Waals surface area contributed by atoms with E-state index in [1.165, 1.54) is 0 Å². The van der Waals surface area contributed by atoms with Crippen LogP contribution in [0.2, 0.25) is 0 Å². The zero-order chi connectivity index (χ0) is 13.7. The fraction of sp³-hybridized carbons (Fsp3) is 0.286. The number of methoxy groups -OCH3 is 1. The van der Waals surface area contributed by atoms with E-state index in [9.17, 15) is 0 Å². The number of nitrogen functional groups attached to an aromatic ring is 1. The summed E-state index contributed by atoms with van der Waals surface area (Å²) in [6, 6.07) is 9.28. The van der Waals surface area contributed by atoms with Crippen molar-refractivity contribution in [1.82, 2.24) is 4.98 Å². The molecule has 0 saturated carbocycles. The van der Waals surface area contributed by atoms with Gasteiger partial charge in [-0.1, -0.05) is 18.2 Å². The van der Waals surface area contributed by atoms with Crippen LogP contribution in [0.4, 0.5) is 0 Å². The number of nitrogens with one attached hydrogen (secondary N) is 1. The molecule has 100 valence electrons. The zero-order valence-corrected chi connectivity index (χ0v) is 10.8. The number of benzene rings is 1. The molecule has 0 radical (unpaired) electrons. The number of fused-ring (bicyclic) bond motifs is 1. The average molecular weight is 259 g/mol. The molecule has 2 aromatic rings. The molecule has 3 N–H and O–H groups in total. The number of rotatable bonds is 6. The van der Waals surface area contributed by atoms with Crippen LogP contribution in [-0.4, -0.2) is 31.1 Å². The molecular weight excluding hydrogens is 242 g/mol. The van der Waals surface area contributed by atoms with Gasteiger partial charge in [-0.3, -0.25) is 5.41 Å². The van der Waals surface area contributed by atoms with Crippen LogP contribution < -0.4 is 10.5 Å². The summed E-state index contributed by atoms with van der Waals surface area (Å²) in [5, 5.41) is 8.49. The molecule has 0 fully saturated rings. The minimum Gasteiger partial charge on any atom is -0.478 e. The fourth-order valence-electron chi connectivity index (χ4n) is 1.83. The van der Waals surface area contributed by atoms with E-state index in [0.29, 0.717) is 24.7 Å².